The fourth-order valence-corrected chi connectivity index (χ4v) is 1.78. The highest BCUT2D eigenvalue weighted by atomic mass is 19.1. The molecule has 0 saturated heterocycles. The summed E-state index contributed by atoms with van der Waals surface area (Å²) in [7, 11) is 1.27. The minimum Gasteiger partial charge on any atom is -0.507 e. The molecule has 1 N–H and O–H groups in total. The molecule has 2 rings (SSSR count). The van der Waals surface area contributed by atoms with E-state index in [4.69, 9.17) is 4.74 Å². The third-order valence-electron chi connectivity index (χ3n) is 2.84. The minimum absolute atomic E-state index is 0.129. The van der Waals surface area contributed by atoms with Gasteiger partial charge in [-0.3, -0.25) is 9.59 Å². The van der Waals surface area contributed by atoms with Gasteiger partial charge in [0.25, 0.3) is 0 Å². The molecule has 0 saturated carbocycles. The van der Waals surface area contributed by atoms with Crippen LogP contribution >= 0.6 is 0 Å². The van der Waals surface area contributed by atoms with Gasteiger partial charge in [-0.1, -0.05) is 24.3 Å². The number of carbonyl (C=O) groups is 2. The lowest BCUT2D eigenvalue weighted by Gasteiger charge is -2.09. The van der Waals surface area contributed by atoms with E-state index in [9.17, 15) is 19.1 Å². The molecule has 0 aromatic heterocycles. The molecule has 0 bridgehead atoms. The van der Waals surface area contributed by atoms with Gasteiger partial charge < -0.3 is 9.84 Å². The van der Waals surface area contributed by atoms with Gasteiger partial charge in [0.2, 0.25) is 0 Å². The molecular formula is C15H11FO4. The van der Waals surface area contributed by atoms with E-state index in [1.165, 1.54) is 43.5 Å². The molecule has 5 heteroatoms. The molecular weight excluding hydrogens is 263 g/mol. The zero-order valence-electron chi connectivity index (χ0n) is 10.6. The van der Waals surface area contributed by atoms with Crippen LogP contribution in [0.4, 0.5) is 4.39 Å². The Balaban J connectivity index is 2.49. The number of phenols is 1. The Morgan fingerprint density at radius 3 is 2.40 bits per heavy atom. The molecule has 2 aromatic rings. The van der Waals surface area contributed by atoms with Crippen molar-refractivity contribution in [1.82, 2.24) is 0 Å². The van der Waals surface area contributed by atoms with Gasteiger partial charge in [0, 0.05) is 11.1 Å². The van der Waals surface area contributed by atoms with E-state index in [0.717, 1.165) is 0 Å². The van der Waals surface area contributed by atoms with Crippen LogP contribution in [0.25, 0.3) is 0 Å². The summed E-state index contributed by atoms with van der Waals surface area (Å²) in [4.78, 5) is 22.8. The maximum atomic E-state index is 14.1. The summed E-state index contributed by atoms with van der Waals surface area (Å²) < 4.78 is 18.8. The number of aldehydes is 1. The molecule has 0 atom stereocenters. The standard InChI is InChI=1S/C15H11FO4/c1-20-12-7-6-11(18)13(14(12)16)15(19)10-4-2-9(8-17)3-5-10/h2-8,18H,1H3. The van der Waals surface area contributed by atoms with Crippen LogP contribution in [0.5, 0.6) is 11.5 Å². The number of ketones is 1. The van der Waals surface area contributed by atoms with E-state index in [1.54, 1.807) is 0 Å². The van der Waals surface area contributed by atoms with Crippen molar-refractivity contribution in [3.8, 4) is 11.5 Å². The number of rotatable bonds is 4. The molecule has 0 heterocycles. The van der Waals surface area contributed by atoms with Crippen LogP contribution in [0.3, 0.4) is 0 Å². The molecule has 0 radical (unpaired) electrons. The minimum atomic E-state index is -0.919. The molecule has 0 aliphatic rings. The van der Waals surface area contributed by atoms with Crippen LogP contribution in [-0.2, 0) is 0 Å². The molecule has 20 heavy (non-hydrogen) atoms. The normalized spacial score (nSPS) is 10.1. The number of hydrogen-bond donors (Lipinski definition) is 1. The Kier molecular flexibility index (Phi) is 3.79. The predicted molar refractivity (Wildman–Crippen MR) is 69.9 cm³/mol. The van der Waals surface area contributed by atoms with Gasteiger partial charge in [0.05, 0.1) is 7.11 Å². The van der Waals surface area contributed by atoms with E-state index in [0.29, 0.717) is 11.8 Å². The first-order chi connectivity index (χ1) is 9.58. The van der Waals surface area contributed by atoms with E-state index in [2.05, 4.69) is 0 Å². The van der Waals surface area contributed by atoms with Crippen molar-refractivity contribution in [2.24, 2.45) is 0 Å². The highest BCUT2D eigenvalue weighted by molar-refractivity contribution is 6.11. The average Bonchev–Trinajstić information content (AvgIpc) is 2.47. The first-order valence-electron chi connectivity index (χ1n) is 5.74. The number of benzene rings is 2. The lowest BCUT2D eigenvalue weighted by atomic mass is 10.0. The van der Waals surface area contributed by atoms with Crippen molar-refractivity contribution in [3.63, 3.8) is 0 Å². The number of hydrogen-bond acceptors (Lipinski definition) is 4. The summed E-state index contributed by atoms with van der Waals surface area (Å²) in [5.74, 6) is -2.20. The van der Waals surface area contributed by atoms with Gasteiger partial charge in [0.1, 0.15) is 17.6 Å². The van der Waals surface area contributed by atoms with Crippen molar-refractivity contribution in [3.05, 3.63) is 58.9 Å². The smallest absolute Gasteiger partial charge is 0.199 e. The Labute approximate surface area is 114 Å². The number of phenolic OH excluding ortho intramolecular Hbond substituents is 1. The van der Waals surface area contributed by atoms with Crippen LogP contribution in [0.15, 0.2) is 36.4 Å². The summed E-state index contributed by atoms with van der Waals surface area (Å²) in [6.07, 6.45) is 0.637. The number of methoxy groups -OCH3 is 1. The lowest BCUT2D eigenvalue weighted by molar-refractivity contribution is 0.103. The van der Waals surface area contributed by atoms with Crippen molar-refractivity contribution in [1.29, 1.82) is 0 Å². The number of ether oxygens (including phenoxy) is 1. The maximum absolute atomic E-state index is 14.1. The van der Waals surface area contributed by atoms with Gasteiger partial charge in [-0.2, -0.15) is 0 Å². The molecule has 0 amide bonds. The topological polar surface area (TPSA) is 63.6 Å². The van der Waals surface area contributed by atoms with Crippen LogP contribution in [-0.4, -0.2) is 24.3 Å². The van der Waals surface area contributed by atoms with Gasteiger partial charge in [0.15, 0.2) is 17.3 Å². The quantitative estimate of drug-likeness (QED) is 0.687. The third kappa shape index (κ3) is 2.38. The SMILES string of the molecule is COc1ccc(O)c(C(=O)c2ccc(C=O)cc2)c1F. The second-order valence-electron chi connectivity index (χ2n) is 4.04. The number of halogens is 1. The first kappa shape index (κ1) is 13.7. The predicted octanol–water partition coefficient (Wildman–Crippen LogP) is 2.58. The van der Waals surface area contributed by atoms with Crippen molar-refractivity contribution >= 4 is 12.1 Å². The highest BCUT2D eigenvalue weighted by Crippen LogP contribution is 2.30. The summed E-state index contributed by atoms with van der Waals surface area (Å²) >= 11 is 0. The molecule has 0 aliphatic carbocycles. The Morgan fingerprint density at radius 2 is 1.85 bits per heavy atom. The average molecular weight is 274 g/mol. The van der Waals surface area contributed by atoms with E-state index in [-0.39, 0.29) is 11.3 Å². The number of aromatic hydroxyl groups is 1. The largest absolute Gasteiger partial charge is 0.507 e. The van der Waals surface area contributed by atoms with Gasteiger partial charge in [-0.05, 0) is 12.1 Å². The van der Waals surface area contributed by atoms with Crippen molar-refractivity contribution in [2.75, 3.05) is 7.11 Å². The Hall–Kier alpha value is -2.69. The van der Waals surface area contributed by atoms with Crippen LogP contribution in [0.2, 0.25) is 0 Å². The monoisotopic (exact) mass is 274 g/mol. The molecule has 4 nitrogen and oxygen atoms in total. The molecule has 102 valence electrons. The third-order valence-corrected chi connectivity index (χ3v) is 2.84. The fraction of sp³-hybridized carbons (Fsp3) is 0.0667. The molecule has 0 spiro atoms. The summed E-state index contributed by atoms with van der Waals surface area (Å²) in [5, 5.41) is 9.67. The van der Waals surface area contributed by atoms with E-state index in [1.807, 2.05) is 0 Å². The fourth-order valence-electron chi connectivity index (χ4n) is 1.78. The van der Waals surface area contributed by atoms with Crippen molar-refractivity contribution in [2.45, 2.75) is 0 Å². The van der Waals surface area contributed by atoms with E-state index < -0.39 is 22.9 Å². The molecule has 0 aliphatic heterocycles. The molecule has 2 aromatic carbocycles. The van der Waals surface area contributed by atoms with Crippen LogP contribution < -0.4 is 4.74 Å². The van der Waals surface area contributed by atoms with Crippen LogP contribution in [0.1, 0.15) is 26.3 Å². The second-order valence-corrected chi connectivity index (χ2v) is 4.04. The number of carbonyl (C=O) groups excluding carboxylic acids is 2. The summed E-state index contributed by atoms with van der Waals surface area (Å²) in [6, 6.07) is 8.09. The van der Waals surface area contributed by atoms with Crippen LogP contribution in [0, 0.1) is 5.82 Å². The molecule has 0 unspecified atom stereocenters. The van der Waals surface area contributed by atoms with Gasteiger partial charge >= 0.3 is 0 Å². The zero-order valence-corrected chi connectivity index (χ0v) is 10.6. The van der Waals surface area contributed by atoms with Crippen molar-refractivity contribution < 1.29 is 23.8 Å². The maximum Gasteiger partial charge on any atom is 0.199 e. The second kappa shape index (κ2) is 5.52. The highest BCUT2D eigenvalue weighted by Gasteiger charge is 2.21. The molecule has 0 fully saturated rings. The van der Waals surface area contributed by atoms with Gasteiger partial charge in [-0.25, -0.2) is 4.39 Å². The van der Waals surface area contributed by atoms with E-state index >= 15 is 0 Å². The Bertz CT molecular complexity index is 662. The summed E-state index contributed by atoms with van der Waals surface area (Å²) in [6.45, 7) is 0. The zero-order chi connectivity index (χ0) is 14.7. The Morgan fingerprint density at radius 1 is 1.20 bits per heavy atom. The lowest BCUT2D eigenvalue weighted by Crippen LogP contribution is -2.06. The van der Waals surface area contributed by atoms with Gasteiger partial charge in [-0.15, -0.1) is 0 Å². The summed E-state index contributed by atoms with van der Waals surface area (Å²) in [5.41, 5.74) is 0.109. The first-order valence-corrected chi connectivity index (χ1v) is 5.74.